The van der Waals surface area contributed by atoms with Crippen LogP contribution in [0, 0.1) is 6.92 Å². The first-order valence-electron chi connectivity index (χ1n) is 9.70. The molecule has 2 amide bonds. The number of fused-ring (bicyclic) bond motifs is 1. The number of hydrogen-bond donors (Lipinski definition) is 0. The van der Waals surface area contributed by atoms with Crippen molar-refractivity contribution in [2.24, 2.45) is 0 Å². The van der Waals surface area contributed by atoms with Gasteiger partial charge in [0.2, 0.25) is 0 Å². The number of carbonyl (C=O) groups is 2. The number of imidazole rings is 1. The lowest BCUT2D eigenvalue weighted by molar-refractivity contribution is -0.137. The summed E-state index contributed by atoms with van der Waals surface area (Å²) in [6, 6.07) is 2.19. The Kier molecular flexibility index (Phi) is 5.70. The molecule has 7 nitrogen and oxygen atoms in total. The van der Waals surface area contributed by atoms with Gasteiger partial charge in [-0.05, 0) is 46.2 Å². The Bertz CT molecular complexity index is 963. The summed E-state index contributed by atoms with van der Waals surface area (Å²) in [5, 5.41) is 0. The van der Waals surface area contributed by atoms with E-state index in [4.69, 9.17) is 4.74 Å². The minimum absolute atomic E-state index is 0.0989. The van der Waals surface area contributed by atoms with E-state index in [2.05, 4.69) is 4.98 Å². The third kappa shape index (κ3) is 4.68. The molecule has 0 bridgehead atoms. The largest absolute Gasteiger partial charge is 0.444 e. The van der Waals surface area contributed by atoms with Gasteiger partial charge in [0.1, 0.15) is 16.9 Å². The molecule has 1 fully saturated rings. The number of hydrogen-bond acceptors (Lipinski definition) is 4. The average Bonchev–Trinajstić information content (AvgIpc) is 2.78. The predicted octanol–water partition coefficient (Wildman–Crippen LogP) is 3.74. The Labute approximate surface area is 172 Å². The average molecular weight is 426 g/mol. The van der Waals surface area contributed by atoms with Gasteiger partial charge in [-0.2, -0.15) is 13.2 Å². The summed E-state index contributed by atoms with van der Waals surface area (Å²) in [5.41, 5.74) is -0.750. The van der Waals surface area contributed by atoms with Crippen molar-refractivity contribution in [2.75, 3.05) is 26.2 Å². The van der Waals surface area contributed by atoms with E-state index in [0.29, 0.717) is 25.2 Å². The van der Waals surface area contributed by atoms with Crippen LogP contribution in [0.2, 0.25) is 0 Å². The first kappa shape index (κ1) is 21.9. The van der Waals surface area contributed by atoms with Crippen LogP contribution in [-0.2, 0) is 10.9 Å². The van der Waals surface area contributed by atoms with Gasteiger partial charge in [0.15, 0.2) is 0 Å². The molecule has 0 atom stereocenters. The normalized spacial score (nSPS) is 16.0. The lowest BCUT2D eigenvalue weighted by Crippen LogP contribution is -2.40. The maximum absolute atomic E-state index is 13.2. The van der Waals surface area contributed by atoms with Crippen LogP contribution in [0.5, 0.6) is 0 Å². The molecule has 0 unspecified atom stereocenters. The van der Waals surface area contributed by atoms with Crippen LogP contribution in [0.3, 0.4) is 0 Å². The molecule has 10 heteroatoms. The van der Waals surface area contributed by atoms with E-state index in [1.54, 1.807) is 37.5 Å². The summed E-state index contributed by atoms with van der Waals surface area (Å²) in [4.78, 5) is 32.8. The standard InChI is InChI=1S/C20H25F3N4O3/c1-13-16(27-12-14(20(21,22)23)6-7-15(27)24-13)17(28)25-8-5-9-26(11-10-25)18(29)30-19(2,3)4/h6-7,12H,5,8-11H2,1-4H3. The van der Waals surface area contributed by atoms with Crippen molar-refractivity contribution in [1.82, 2.24) is 19.2 Å². The van der Waals surface area contributed by atoms with Crippen LogP contribution >= 0.6 is 0 Å². The zero-order chi connectivity index (χ0) is 22.3. The van der Waals surface area contributed by atoms with Crippen LogP contribution in [0.15, 0.2) is 18.3 Å². The number of ether oxygens (including phenoxy) is 1. The number of pyridine rings is 1. The molecular formula is C20H25F3N4O3. The number of rotatable bonds is 1. The van der Waals surface area contributed by atoms with Crippen LogP contribution in [0.1, 0.15) is 48.9 Å². The second kappa shape index (κ2) is 7.81. The van der Waals surface area contributed by atoms with E-state index in [0.717, 1.165) is 12.3 Å². The van der Waals surface area contributed by atoms with Gasteiger partial charge >= 0.3 is 12.3 Å². The summed E-state index contributed by atoms with van der Waals surface area (Å²) < 4.78 is 45.9. The van der Waals surface area contributed by atoms with Crippen molar-refractivity contribution in [2.45, 2.75) is 45.9 Å². The fraction of sp³-hybridized carbons (Fsp3) is 0.550. The molecule has 0 N–H and O–H groups in total. The molecule has 0 radical (unpaired) electrons. The van der Waals surface area contributed by atoms with Crippen molar-refractivity contribution >= 4 is 17.6 Å². The van der Waals surface area contributed by atoms with Crippen LogP contribution in [0.4, 0.5) is 18.0 Å². The number of aryl methyl sites for hydroxylation is 1. The van der Waals surface area contributed by atoms with Crippen molar-refractivity contribution in [3.63, 3.8) is 0 Å². The van der Waals surface area contributed by atoms with E-state index in [1.165, 1.54) is 10.5 Å². The summed E-state index contributed by atoms with van der Waals surface area (Å²) >= 11 is 0. The first-order chi connectivity index (χ1) is 13.9. The van der Waals surface area contributed by atoms with Crippen LogP contribution in [-0.4, -0.2) is 63.0 Å². The lowest BCUT2D eigenvalue weighted by Gasteiger charge is -2.26. The van der Waals surface area contributed by atoms with Gasteiger partial charge in [-0.3, -0.25) is 9.20 Å². The Balaban J connectivity index is 1.82. The van der Waals surface area contributed by atoms with Gasteiger partial charge in [0.05, 0.1) is 11.3 Å². The van der Waals surface area contributed by atoms with Gasteiger partial charge in [-0.25, -0.2) is 9.78 Å². The van der Waals surface area contributed by atoms with Crippen molar-refractivity contribution in [3.05, 3.63) is 35.3 Å². The predicted molar refractivity (Wildman–Crippen MR) is 103 cm³/mol. The van der Waals surface area contributed by atoms with E-state index >= 15 is 0 Å². The molecule has 0 aliphatic carbocycles. The van der Waals surface area contributed by atoms with Crippen molar-refractivity contribution < 1.29 is 27.5 Å². The maximum atomic E-state index is 13.2. The molecule has 0 saturated carbocycles. The Morgan fingerprint density at radius 2 is 1.67 bits per heavy atom. The zero-order valence-electron chi connectivity index (χ0n) is 17.4. The fourth-order valence-corrected chi connectivity index (χ4v) is 3.37. The van der Waals surface area contributed by atoms with Crippen LogP contribution in [0.25, 0.3) is 5.65 Å². The minimum atomic E-state index is -4.52. The number of halogens is 3. The molecule has 3 rings (SSSR count). The number of aromatic nitrogens is 2. The van der Waals surface area contributed by atoms with Crippen molar-refractivity contribution in [1.29, 1.82) is 0 Å². The molecule has 164 valence electrons. The summed E-state index contributed by atoms with van der Waals surface area (Å²) in [7, 11) is 0. The van der Waals surface area contributed by atoms with Gasteiger partial charge in [-0.1, -0.05) is 0 Å². The third-order valence-corrected chi connectivity index (χ3v) is 4.76. The van der Waals surface area contributed by atoms with E-state index in [-0.39, 0.29) is 24.4 Å². The van der Waals surface area contributed by atoms with E-state index in [9.17, 15) is 22.8 Å². The molecule has 0 spiro atoms. The fourth-order valence-electron chi connectivity index (χ4n) is 3.37. The van der Waals surface area contributed by atoms with Crippen molar-refractivity contribution in [3.8, 4) is 0 Å². The molecule has 30 heavy (non-hydrogen) atoms. The third-order valence-electron chi connectivity index (χ3n) is 4.76. The number of amides is 2. The molecule has 2 aromatic heterocycles. The Morgan fingerprint density at radius 3 is 2.30 bits per heavy atom. The molecule has 3 heterocycles. The lowest BCUT2D eigenvalue weighted by atomic mass is 10.2. The number of alkyl halides is 3. The Morgan fingerprint density at radius 1 is 1.03 bits per heavy atom. The highest BCUT2D eigenvalue weighted by Crippen LogP contribution is 2.30. The second-order valence-corrected chi connectivity index (χ2v) is 8.30. The molecule has 1 aliphatic rings. The van der Waals surface area contributed by atoms with Gasteiger partial charge in [-0.15, -0.1) is 0 Å². The Hall–Kier alpha value is -2.78. The highest BCUT2D eigenvalue weighted by molar-refractivity contribution is 5.94. The first-order valence-corrected chi connectivity index (χ1v) is 9.70. The maximum Gasteiger partial charge on any atom is 0.417 e. The quantitative estimate of drug-likeness (QED) is 0.697. The summed E-state index contributed by atoms with van der Waals surface area (Å²) in [5.74, 6) is -0.412. The smallest absolute Gasteiger partial charge is 0.417 e. The van der Waals surface area contributed by atoms with Gasteiger partial charge in [0, 0.05) is 32.4 Å². The summed E-state index contributed by atoms with van der Waals surface area (Å²) in [6.45, 7) is 8.28. The monoisotopic (exact) mass is 426 g/mol. The molecule has 1 aliphatic heterocycles. The molecule has 2 aromatic rings. The van der Waals surface area contributed by atoms with Gasteiger partial charge < -0.3 is 14.5 Å². The summed E-state index contributed by atoms with van der Waals surface area (Å²) in [6.07, 6.45) is -3.54. The molecule has 1 saturated heterocycles. The molecular weight excluding hydrogens is 401 g/mol. The highest BCUT2D eigenvalue weighted by atomic mass is 19.4. The molecule has 0 aromatic carbocycles. The van der Waals surface area contributed by atoms with E-state index < -0.39 is 29.3 Å². The minimum Gasteiger partial charge on any atom is -0.444 e. The number of carbonyl (C=O) groups excluding carboxylic acids is 2. The van der Waals surface area contributed by atoms with E-state index in [1.807, 2.05) is 0 Å². The second-order valence-electron chi connectivity index (χ2n) is 8.30. The highest BCUT2D eigenvalue weighted by Gasteiger charge is 2.33. The zero-order valence-corrected chi connectivity index (χ0v) is 17.4. The topological polar surface area (TPSA) is 67.2 Å². The van der Waals surface area contributed by atoms with Gasteiger partial charge in [0.25, 0.3) is 5.91 Å². The SMILES string of the molecule is Cc1nc2ccc(C(F)(F)F)cn2c1C(=O)N1CCCN(C(=O)OC(C)(C)C)CC1. The van der Waals surface area contributed by atoms with Crippen LogP contribution < -0.4 is 0 Å². The number of nitrogens with zero attached hydrogens (tertiary/aromatic N) is 4.